The molecule has 24 heavy (non-hydrogen) atoms. The first-order valence-corrected chi connectivity index (χ1v) is 9.96. The van der Waals surface area contributed by atoms with Crippen LogP contribution >= 0.6 is 11.3 Å². The number of likely N-dealkylation sites (tertiary alicyclic amines) is 2. The van der Waals surface area contributed by atoms with Gasteiger partial charge in [0.25, 0.3) is 5.91 Å². The Morgan fingerprint density at radius 3 is 2.50 bits per heavy atom. The van der Waals surface area contributed by atoms with Crippen LogP contribution in [0.4, 0.5) is 0 Å². The number of thiophene rings is 1. The summed E-state index contributed by atoms with van der Waals surface area (Å²) in [6.45, 7) is 4.59. The molecule has 6 heteroatoms. The zero-order valence-electron chi connectivity index (χ0n) is 13.9. The van der Waals surface area contributed by atoms with E-state index in [9.17, 15) is 9.59 Å². The third-order valence-corrected chi connectivity index (χ3v) is 6.72. The molecule has 0 aliphatic carbocycles. The Labute approximate surface area is 147 Å². The molecule has 3 saturated heterocycles. The van der Waals surface area contributed by atoms with Crippen molar-refractivity contribution >= 4 is 23.2 Å². The maximum Gasteiger partial charge on any atom is 0.264 e. The van der Waals surface area contributed by atoms with Crippen LogP contribution in [0.25, 0.3) is 0 Å². The molecule has 0 radical (unpaired) electrons. The SMILES string of the molecule is O=C(C1CCCN1C(=O)c1cccs1)N1CC[C@@H]2CNC[C@@H]2CC1. The van der Waals surface area contributed by atoms with Crippen LogP contribution in [0.1, 0.15) is 35.4 Å². The van der Waals surface area contributed by atoms with Gasteiger partial charge in [-0.1, -0.05) is 6.07 Å². The molecule has 2 amide bonds. The van der Waals surface area contributed by atoms with Crippen LogP contribution < -0.4 is 5.32 Å². The molecule has 0 saturated carbocycles. The number of hydrogen-bond donors (Lipinski definition) is 1. The van der Waals surface area contributed by atoms with Gasteiger partial charge in [-0.15, -0.1) is 11.3 Å². The van der Waals surface area contributed by atoms with E-state index in [1.807, 2.05) is 22.4 Å². The van der Waals surface area contributed by atoms with Gasteiger partial charge in [0.05, 0.1) is 4.88 Å². The van der Waals surface area contributed by atoms with E-state index in [1.165, 1.54) is 11.3 Å². The van der Waals surface area contributed by atoms with Gasteiger partial charge in [0.15, 0.2) is 0 Å². The van der Waals surface area contributed by atoms with E-state index in [-0.39, 0.29) is 17.9 Å². The van der Waals surface area contributed by atoms with Gasteiger partial charge in [0.2, 0.25) is 5.91 Å². The molecular formula is C18H25N3O2S. The summed E-state index contributed by atoms with van der Waals surface area (Å²) in [5, 5.41) is 5.39. The Morgan fingerprint density at radius 1 is 1.08 bits per heavy atom. The van der Waals surface area contributed by atoms with Crippen LogP contribution in [0.2, 0.25) is 0 Å². The van der Waals surface area contributed by atoms with E-state index in [0.29, 0.717) is 6.54 Å². The van der Waals surface area contributed by atoms with Gasteiger partial charge in [-0.2, -0.15) is 0 Å². The van der Waals surface area contributed by atoms with Gasteiger partial charge in [-0.25, -0.2) is 0 Å². The summed E-state index contributed by atoms with van der Waals surface area (Å²) in [6, 6.07) is 3.50. The highest BCUT2D eigenvalue weighted by Gasteiger charge is 2.39. The Bertz CT molecular complexity index is 589. The number of nitrogens with zero attached hydrogens (tertiary/aromatic N) is 2. The van der Waals surface area contributed by atoms with Crippen molar-refractivity contribution < 1.29 is 9.59 Å². The quantitative estimate of drug-likeness (QED) is 0.888. The van der Waals surface area contributed by atoms with E-state index in [1.54, 1.807) is 4.90 Å². The predicted octanol–water partition coefficient (Wildman–Crippen LogP) is 1.81. The molecule has 0 spiro atoms. The molecule has 3 aliphatic heterocycles. The fourth-order valence-corrected chi connectivity index (χ4v) is 5.14. The van der Waals surface area contributed by atoms with Crippen LogP contribution in [0.15, 0.2) is 17.5 Å². The van der Waals surface area contributed by atoms with Gasteiger partial charge in [0, 0.05) is 19.6 Å². The number of carbonyl (C=O) groups is 2. The first kappa shape index (κ1) is 16.1. The third-order valence-electron chi connectivity index (χ3n) is 5.86. The number of rotatable bonds is 2. The van der Waals surface area contributed by atoms with E-state index >= 15 is 0 Å². The molecule has 5 nitrogen and oxygen atoms in total. The van der Waals surface area contributed by atoms with Gasteiger partial charge < -0.3 is 15.1 Å². The summed E-state index contributed by atoms with van der Waals surface area (Å²) in [4.78, 5) is 30.3. The Balaban J connectivity index is 1.44. The number of amides is 2. The van der Waals surface area contributed by atoms with E-state index in [2.05, 4.69) is 5.32 Å². The van der Waals surface area contributed by atoms with Crippen molar-refractivity contribution in [2.75, 3.05) is 32.7 Å². The minimum atomic E-state index is -0.254. The smallest absolute Gasteiger partial charge is 0.264 e. The molecule has 3 fully saturated rings. The van der Waals surface area contributed by atoms with Gasteiger partial charge in [-0.05, 0) is 62.1 Å². The molecular weight excluding hydrogens is 322 g/mol. The first-order chi connectivity index (χ1) is 11.7. The summed E-state index contributed by atoms with van der Waals surface area (Å²) >= 11 is 1.46. The van der Waals surface area contributed by atoms with Crippen LogP contribution in [0.3, 0.4) is 0 Å². The number of fused-ring (bicyclic) bond motifs is 1. The van der Waals surface area contributed by atoms with Crippen molar-refractivity contribution in [1.82, 2.24) is 15.1 Å². The van der Waals surface area contributed by atoms with E-state index in [0.717, 1.165) is 68.6 Å². The molecule has 4 rings (SSSR count). The fraction of sp³-hybridized carbons (Fsp3) is 0.667. The van der Waals surface area contributed by atoms with Crippen molar-refractivity contribution in [1.29, 1.82) is 0 Å². The Morgan fingerprint density at radius 2 is 1.83 bits per heavy atom. The summed E-state index contributed by atoms with van der Waals surface area (Å²) in [7, 11) is 0. The highest BCUT2D eigenvalue weighted by Crippen LogP contribution is 2.29. The highest BCUT2D eigenvalue weighted by molar-refractivity contribution is 7.12. The number of nitrogens with one attached hydrogen (secondary N) is 1. The lowest BCUT2D eigenvalue weighted by molar-refractivity contribution is -0.135. The lowest BCUT2D eigenvalue weighted by Gasteiger charge is -2.29. The van der Waals surface area contributed by atoms with E-state index < -0.39 is 0 Å². The van der Waals surface area contributed by atoms with Crippen molar-refractivity contribution in [2.24, 2.45) is 11.8 Å². The molecule has 4 heterocycles. The molecule has 0 aromatic carbocycles. The van der Waals surface area contributed by atoms with Crippen LogP contribution in [0.5, 0.6) is 0 Å². The monoisotopic (exact) mass is 347 g/mol. The molecule has 1 unspecified atom stereocenters. The maximum atomic E-state index is 13.1. The van der Waals surface area contributed by atoms with Crippen LogP contribution in [-0.4, -0.2) is 60.4 Å². The van der Waals surface area contributed by atoms with Gasteiger partial charge in [0.1, 0.15) is 6.04 Å². The van der Waals surface area contributed by atoms with Crippen molar-refractivity contribution in [3.8, 4) is 0 Å². The van der Waals surface area contributed by atoms with Crippen molar-refractivity contribution in [3.05, 3.63) is 22.4 Å². The van der Waals surface area contributed by atoms with Crippen LogP contribution in [0, 0.1) is 11.8 Å². The predicted molar refractivity (Wildman–Crippen MR) is 94.0 cm³/mol. The van der Waals surface area contributed by atoms with Gasteiger partial charge >= 0.3 is 0 Å². The van der Waals surface area contributed by atoms with E-state index in [4.69, 9.17) is 0 Å². The summed E-state index contributed by atoms with van der Waals surface area (Å²) in [6.07, 6.45) is 3.92. The molecule has 3 atom stereocenters. The standard InChI is InChI=1S/C18H25N3O2S/c22-17(20-8-5-13-11-19-12-14(13)6-9-20)15-3-1-7-21(15)18(23)16-4-2-10-24-16/h2,4,10,13-15,19H,1,3,5-9,11-12H2/t13-,14+,15?. The average molecular weight is 347 g/mol. The normalized spacial score (nSPS) is 30.2. The maximum absolute atomic E-state index is 13.1. The topological polar surface area (TPSA) is 52.7 Å². The zero-order valence-corrected chi connectivity index (χ0v) is 14.8. The Kier molecular flexibility index (Phi) is 4.59. The third kappa shape index (κ3) is 2.97. The number of carbonyl (C=O) groups excluding carboxylic acids is 2. The summed E-state index contributed by atoms with van der Waals surface area (Å²) < 4.78 is 0. The minimum Gasteiger partial charge on any atom is -0.341 e. The molecule has 1 aromatic rings. The fourth-order valence-electron chi connectivity index (χ4n) is 4.46. The second kappa shape index (κ2) is 6.84. The molecule has 3 aliphatic rings. The Hall–Kier alpha value is -1.40. The first-order valence-electron chi connectivity index (χ1n) is 9.08. The van der Waals surface area contributed by atoms with Crippen molar-refractivity contribution in [3.63, 3.8) is 0 Å². The second-order valence-corrected chi connectivity index (χ2v) is 8.16. The summed E-state index contributed by atoms with van der Waals surface area (Å²) in [5.74, 6) is 1.63. The van der Waals surface area contributed by atoms with Gasteiger partial charge in [-0.3, -0.25) is 9.59 Å². The highest BCUT2D eigenvalue weighted by atomic mass is 32.1. The molecule has 0 bridgehead atoms. The van der Waals surface area contributed by atoms with Crippen molar-refractivity contribution in [2.45, 2.75) is 31.7 Å². The molecule has 130 valence electrons. The summed E-state index contributed by atoms with van der Waals surface area (Å²) in [5.41, 5.74) is 0. The second-order valence-electron chi connectivity index (χ2n) is 7.21. The average Bonchev–Trinajstić information content (AvgIpc) is 3.34. The number of hydrogen-bond acceptors (Lipinski definition) is 4. The molecule has 1 aromatic heterocycles. The largest absolute Gasteiger partial charge is 0.341 e. The lowest BCUT2D eigenvalue weighted by Crippen LogP contribution is -2.48. The molecule has 1 N–H and O–H groups in total. The zero-order chi connectivity index (χ0) is 16.5. The van der Waals surface area contributed by atoms with Crippen LogP contribution in [-0.2, 0) is 4.79 Å². The minimum absolute atomic E-state index is 0.0248. The lowest BCUT2D eigenvalue weighted by atomic mass is 9.92.